The molecule has 0 unspecified atom stereocenters. The molecule has 20 heavy (non-hydrogen) atoms. The maximum absolute atomic E-state index is 10.4. The molecule has 1 aromatic carbocycles. The Hall–Kier alpha value is -1.26. The van der Waals surface area contributed by atoms with E-state index < -0.39 is 5.97 Å². The molecule has 1 aromatic rings. The number of rotatable bonds is 10. The summed E-state index contributed by atoms with van der Waals surface area (Å²) in [6, 6.07) is 10.5. The van der Waals surface area contributed by atoms with Crippen molar-refractivity contribution in [3.63, 3.8) is 0 Å². The molecule has 3 nitrogen and oxygen atoms in total. The first kappa shape index (κ1) is 16.8. The van der Waals surface area contributed by atoms with Gasteiger partial charge in [0.2, 0.25) is 0 Å². The number of allylic oxidation sites excluding steroid dienone is 1. The van der Waals surface area contributed by atoms with Gasteiger partial charge in [0, 0.05) is 24.8 Å². The number of benzene rings is 1. The number of carbonyl (C=O) groups is 1. The molecule has 0 amide bonds. The van der Waals surface area contributed by atoms with Crippen LogP contribution >= 0.6 is 12.6 Å². The molecule has 110 valence electrons. The lowest BCUT2D eigenvalue weighted by atomic mass is 10.1. The fourth-order valence-corrected chi connectivity index (χ4v) is 2.09. The zero-order chi connectivity index (χ0) is 14.6. The van der Waals surface area contributed by atoms with Crippen LogP contribution in [-0.2, 0) is 11.3 Å². The second-order valence-corrected chi connectivity index (χ2v) is 5.09. The van der Waals surface area contributed by atoms with Gasteiger partial charge in [-0.3, -0.25) is 4.79 Å². The molecule has 1 rings (SSSR count). The molecule has 0 heterocycles. The molecular formula is C16H23NO2S. The highest BCUT2D eigenvalue weighted by molar-refractivity contribution is 7.80. The number of nitrogens with one attached hydrogen (secondary N) is 1. The third-order valence-electron chi connectivity index (χ3n) is 2.99. The molecule has 0 fully saturated rings. The molecule has 0 aliphatic carbocycles. The Morgan fingerprint density at radius 1 is 1.30 bits per heavy atom. The number of hydrogen-bond donors (Lipinski definition) is 3. The first-order chi connectivity index (χ1) is 9.72. The predicted octanol–water partition coefficient (Wildman–Crippen LogP) is 3.28. The fourth-order valence-electron chi connectivity index (χ4n) is 1.84. The Balaban J connectivity index is 2.20. The van der Waals surface area contributed by atoms with Crippen LogP contribution in [0.5, 0.6) is 0 Å². The van der Waals surface area contributed by atoms with Crippen molar-refractivity contribution >= 4 is 18.6 Å². The molecule has 2 N–H and O–H groups in total. The zero-order valence-corrected chi connectivity index (χ0v) is 12.6. The van der Waals surface area contributed by atoms with Gasteiger partial charge in [-0.1, -0.05) is 42.5 Å². The summed E-state index contributed by atoms with van der Waals surface area (Å²) in [6.07, 6.45) is 7.07. The van der Waals surface area contributed by atoms with Gasteiger partial charge in [0.1, 0.15) is 0 Å². The molecule has 0 aliphatic heterocycles. The molecule has 4 heteroatoms. The summed E-state index contributed by atoms with van der Waals surface area (Å²) in [4.78, 5) is 10.4. The Morgan fingerprint density at radius 3 is 2.70 bits per heavy atom. The van der Waals surface area contributed by atoms with Gasteiger partial charge < -0.3 is 10.4 Å². The molecule has 0 bridgehead atoms. The zero-order valence-electron chi connectivity index (χ0n) is 11.7. The highest BCUT2D eigenvalue weighted by Crippen LogP contribution is 2.03. The van der Waals surface area contributed by atoms with Gasteiger partial charge >= 0.3 is 5.97 Å². The summed E-state index contributed by atoms with van der Waals surface area (Å²) in [5.41, 5.74) is 1.26. The van der Waals surface area contributed by atoms with Crippen LogP contribution < -0.4 is 5.32 Å². The lowest BCUT2D eigenvalue weighted by molar-refractivity contribution is -0.137. The molecule has 0 saturated heterocycles. The largest absolute Gasteiger partial charge is 0.481 e. The summed E-state index contributed by atoms with van der Waals surface area (Å²) in [5, 5.41) is 12.0. The molecule has 0 saturated carbocycles. The van der Waals surface area contributed by atoms with E-state index in [1.807, 2.05) is 18.2 Å². The first-order valence-corrected chi connectivity index (χ1v) is 7.62. The highest BCUT2D eigenvalue weighted by atomic mass is 32.1. The molecule has 0 radical (unpaired) electrons. The van der Waals surface area contributed by atoms with Crippen LogP contribution in [0.25, 0.3) is 0 Å². The van der Waals surface area contributed by atoms with Crippen LogP contribution in [0.4, 0.5) is 0 Å². The number of hydrogen-bond acceptors (Lipinski definition) is 3. The third kappa shape index (κ3) is 8.02. The lowest BCUT2D eigenvalue weighted by Crippen LogP contribution is -2.28. The number of thiol groups is 1. The van der Waals surface area contributed by atoms with Crippen LogP contribution in [0.3, 0.4) is 0 Å². The predicted molar refractivity (Wildman–Crippen MR) is 86.2 cm³/mol. The van der Waals surface area contributed by atoms with Gasteiger partial charge in [0.15, 0.2) is 0 Å². The van der Waals surface area contributed by atoms with E-state index in [0.717, 1.165) is 31.6 Å². The minimum atomic E-state index is -0.716. The minimum absolute atomic E-state index is 0.248. The highest BCUT2D eigenvalue weighted by Gasteiger charge is 2.01. The first-order valence-electron chi connectivity index (χ1n) is 6.99. The van der Waals surface area contributed by atoms with Crippen molar-refractivity contribution < 1.29 is 9.90 Å². The van der Waals surface area contributed by atoms with Crippen molar-refractivity contribution in [2.24, 2.45) is 0 Å². The number of aliphatic carboxylic acids is 1. The maximum atomic E-state index is 10.4. The molecule has 0 aromatic heterocycles. The van der Waals surface area contributed by atoms with Crippen LogP contribution in [-0.4, -0.2) is 22.9 Å². The van der Waals surface area contributed by atoms with Gasteiger partial charge in [-0.15, -0.1) is 0 Å². The van der Waals surface area contributed by atoms with Crippen molar-refractivity contribution in [2.75, 3.05) is 5.75 Å². The quantitative estimate of drug-likeness (QED) is 0.352. The molecule has 0 aliphatic rings. The van der Waals surface area contributed by atoms with Crippen molar-refractivity contribution in [1.29, 1.82) is 0 Å². The minimum Gasteiger partial charge on any atom is -0.481 e. The van der Waals surface area contributed by atoms with Crippen molar-refractivity contribution in [3.8, 4) is 0 Å². The Labute approximate surface area is 126 Å². The SMILES string of the molecule is O=C(O)CCCC/C=C\[C@H](CS)NCc1ccccc1. The summed E-state index contributed by atoms with van der Waals surface area (Å²) in [6.45, 7) is 0.829. The number of unbranched alkanes of at least 4 members (excludes halogenated alkanes) is 2. The van der Waals surface area contributed by atoms with E-state index in [1.54, 1.807) is 0 Å². The third-order valence-corrected chi connectivity index (χ3v) is 3.38. The smallest absolute Gasteiger partial charge is 0.303 e. The molecular weight excluding hydrogens is 270 g/mol. The summed E-state index contributed by atoms with van der Waals surface area (Å²) in [5.74, 6) is 0.0325. The van der Waals surface area contributed by atoms with Crippen molar-refractivity contribution in [2.45, 2.75) is 38.3 Å². The summed E-state index contributed by atoms with van der Waals surface area (Å²) in [7, 11) is 0. The second-order valence-electron chi connectivity index (χ2n) is 4.72. The van der Waals surface area contributed by atoms with Gasteiger partial charge in [0.05, 0.1) is 0 Å². The van der Waals surface area contributed by atoms with E-state index in [-0.39, 0.29) is 12.5 Å². The van der Waals surface area contributed by atoms with E-state index in [1.165, 1.54) is 5.56 Å². The average Bonchev–Trinajstić information content (AvgIpc) is 2.46. The maximum Gasteiger partial charge on any atom is 0.303 e. The van der Waals surface area contributed by atoms with Gasteiger partial charge in [0.25, 0.3) is 0 Å². The lowest BCUT2D eigenvalue weighted by Gasteiger charge is -2.12. The topological polar surface area (TPSA) is 49.3 Å². The van der Waals surface area contributed by atoms with Crippen LogP contribution in [0.15, 0.2) is 42.5 Å². The number of carboxylic acids is 1. The van der Waals surface area contributed by atoms with Crippen LogP contribution in [0.1, 0.15) is 31.2 Å². The fraction of sp³-hybridized carbons (Fsp3) is 0.438. The van der Waals surface area contributed by atoms with Gasteiger partial charge in [-0.2, -0.15) is 12.6 Å². The Kier molecular flexibility index (Phi) is 8.83. The van der Waals surface area contributed by atoms with Gasteiger partial charge in [-0.25, -0.2) is 0 Å². The normalized spacial score (nSPS) is 12.7. The standard InChI is InChI=1S/C16H23NO2S/c18-16(19)11-7-2-1-6-10-15(13-20)17-12-14-8-4-3-5-9-14/h3-6,8-10,15,17,20H,1-2,7,11-13H2,(H,18,19)/b10-6-/t15-/m1/s1. The Bertz CT molecular complexity index is 406. The van der Waals surface area contributed by atoms with Crippen molar-refractivity contribution in [1.82, 2.24) is 5.32 Å². The average molecular weight is 293 g/mol. The van der Waals surface area contributed by atoms with E-state index in [9.17, 15) is 4.79 Å². The van der Waals surface area contributed by atoms with E-state index in [4.69, 9.17) is 5.11 Å². The molecule has 0 spiro atoms. The van der Waals surface area contributed by atoms with Crippen molar-refractivity contribution in [3.05, 3.63) is 48.0 Å². The van der Waals surface area contributed by atoms with Gasteiger partial charge in [-0.05, 0) is 24.8 Å². The van der Waals surface area contributed by atoms with Crippen LogP contribution in [0.2, 0.25) is 0 Å². The molecule has 1 atom stereocenters. The second kappa shape index (κ2) is 10.5. The van der Waals surface area contributed by atoms with E-state index in [0.29, 0.717) is 0 Å². The van der Waals surface area contributed by atoms with E-state index >= 15 is 0 Å². The van der Waals surface area contributed by atoms with E-state index in [2.05, 4.69) is 42.2 Å². The summed E-state index contributed by atoms with van der Waals surface area (Å²) >= 11 is 4.34. The number of carboxylic acid groups (broad SMARTS) is 1. The Morgan fingerprint density at radius 2 is 2.05 bits per heavy atom. The monoisotopic (exact) mass is 293 g/mol. The summed E-state index contributed by atoms with van der Waals surface area (Å²) < 4.78 is 0. The van der Waals surface area contributed by atoms with Crippen LogP contribution in [0, 0.1) is 0 Å².